The Morgan fingerprint density at radius 1 is 1.10 bits per heavy atom. The number of nitrogens with zero attached hydrogens (tertiary/aromatic N) is 4. The molecule has 4 aromatic rings. The maximum Gasteiger partial charge on any atom is 0.408 e. The topological polar surface area (TPSA) is 112 Å². The number of hydrogen-bond acceptors (Lipinski definition) is 5. The fourth-order valence-corrected chi connectivity index (χ4v) is 6.10. The van der Waals surface area contributed by atoms with E-state index in [9.17, 15) is 14.7 Å². The summed E-state index contributed by atoms with van der Waals surface area (Å²) in [4.78, 5) is 40.7. The van der Waals surface area contributed by atoms with Gasteiger partial charge >= 0.3 is 6.09 Å². The summed E-state index contributed by atoms with van der Waals surface area (Å²) in [6.07, 6.45) is 4.94. The maximum atomic E-state index is 12.9. The summed E-state index contributed by atoms with van der Waals surface area (Å²) in [5.74, 6) is 0.237. The van der Waals surface area contributed by atoms with Crippen molar-refractivity contribution < 1.29 is 19.4 Å². The molecule has 2 amide bonds. The number of ether oxygens (including phenoxy) is 1. The number of nitrogens with one attached hydrogen (secondary N) is 1. The molecule has 0 spiro atoms. The number of carbonyl (C=O) groups is 2. The number of carboxylic acid groups (broad SMARTS) is 1. The summed E-state index contributed by atoms with van der Waals surface area (Å²) in [7, 11) is 0. The van der Waals surface area contributed by atoms with E-state index in [1.54, 1.807) is 22.3 Å². The second-order valence-corrected chi connectivity index (χ2v) is 11.7. The highest BCUT2D eigenvalue weighted by atomic mass is 16.5. The van der Waals surface area contributed by atoms with E-state index in [0.717, 1.165) is 52.9 Å². The molecule has 210 valence electrons. The zero-order chi connectivity index (χ0) is 28.8. The van der Waals surface area contributed by atoms with Crippen LogP contribution >= 0.6 is 0 Å². The van der Waals surface area contributed by atoms with E-state index < -0.39 is 17.2 Å². The fourth-order valence-electron chi connectivity index (χ4n) is 6.10. The Morgan fingerprint density at radius 3 is 2.41 bits per heavy atom. The zero-order valence-electron chi connectivity index (χ0n) is 23.4. The lowest BCUT2D eigenvalue weighted by Gasteiger charge is -2.54. The van der Waals surface area contributed by atoms with Gasteiger partial charge < -0.3 is 14.8 Å². The molecule has 0 atom stereocenters. The molecule has 2 aliphatic rings. The number of hydrogen-bond donors (Lipinski definition) is 2. The molecule has 1 fully saturated rings. The first kappa shape index (κ1) is 26.6. The minimum absolute atomic E-state index is 0.0997. The molecule has 0 radical (unpaired) electrons. The third kappa shape index (κ3) is 4.71. The molecule has 6 rings (SSSR count). The van der Waals surface area contributed by atoms with Crippen LogP contribution in [0.15, 0.2) is 73.2 Å². The number of H-pyrrole nitrogens is 1. The van der Waals surface area contributed by atoms with Crippen LogP contribution in [0.4, 0.5) is 10.5 Å². The molecular formula is C32H33N5O4. The summed E-state index contributed by atoms with van der Waals surface area (Å²) < 4.78 is 5.84. The van der Waals surface area contributed by atoms with Crippen LogP contribution in [0.3, 0.4) is 0 Å². The quantitative estimate of drug-likeness (QED) is 0.294. The molecule has 0 bridgehead atoms. The predicted octanol–water partition coefficient (Wildman–Crippen LogP) is 6.22. The summed E-state index contributed by atoms with van der Waals surface area (Å²) in [5.41, 5.74) is 4.73. The second-order valence-electron chi connectivity index (χ2n) is 11.7. The van der Waals surface area contributed by atoms with Crippen molar-refractivity contribution >= 4 is 17.7 Å². The molecule has 1 aliphatic carbocycles. The number of aromatic nitrogens is 3. The van der Waals surface area contributed by atoms with Crippen LogP contribution in [0.25, 0.3) is 22.4 Å². The van der Waals surface area contributed by atoms with E-state index in [1.165, 1.54) is 0 Å². The van der Waals surface area contributed by atoms with Crippen LogP contribution in [-0.4, -0.2) is 49.1 Å². The van der Waals surface area contributed by atoms with E-state index in [4.69, 9.17) is 9.72 Å². The smallest absolute Gasteiger partial charge is 0.408 e. The largest absolute Gasteiger partial charge is 0.466 e. The van der Waals surface area contributed by atoms with Gasteiger partial charge in [-0.2, -0.15) is 0 Å². The zero-order valence-corrected chi connectivity index (χ0v) is 23.4. The van der Waals surface area contributed by atoms with Gasteiger partial charge in [0.05, 0.1) is 29.8 Å². The summed E-state index contributed by atoms with van der Waals surface area (Å²) in [6.45, 7) is 6.06. The van der Waals surface area contributed by atoms with Crippen molar-refractivity contribution in [3.63, 3.8) is 0 Å². The number of carbonyl (C=O) groups excluding carboxylic acids is 1. The van der Waals surface area contributed by atoms with Crippen LogP contribution in [0, 0.1) is 0 Å². The van der Waals surface area contributed by atoms with E-state index in [1.807, 2.05) is 81.4 Å². The molecule has 9 heteroatoms. The first-order chi connectivity index (χ1) is 19.7. The van der Waals surface area contributed by atoms with Gasteiger partial charge in [-0.05, 0) is 57.2 Å². The molecule has 1 aliphatic heterocycles. The van der Waals surface area contributed by atoms with E-state index in [0.29, 0.717) is 18.1 Å². The Balaban J connectivity index is 1.44. The minimum Gasteiger partial charge on any atom is -0.466 e. The van der Waals surface area contributed by atoms with E-state index in [2.05, 4.69) is 9.97 Å². The molecule has 0 unspecified atom stereocenters. The highest BCUT2D eigenvalue weighted by Gasteiger charge is 2.50. The summed E-state index contributed by atoms with van der Waals surface area (Å²) >= 11 is 0. The van der Waals surface area contributed by atoms with E-state index in [-0.39, 0.29) is 12.5 Å². The van der Waals surface area contributed by atoms with Gasteiger partial charge in [0.15, 0.2) is 6.61 Å². The number of pyridine rings is 1. The van der Waals surface area contributed by atoms with Crippen LogP contribution in [0.5, 0.6) is 5.88 Å². The molecule has 2 aromatic carbocycles. The van der Waals surface area contributed by atoms with Gasteiger partial charge in [-0.3, -0.25) is 14.6 Å². The number of rotatable bonds is 6. The summed E-state index contributed by atoms with van der Waals surface area (Å²) in [6, 6.07) is 20.0. The first-order valence-corrected chi connectivity index (χ1v) is 13.8. The van der Waals surface area contributed by atoms with Gasteiger partial charge in [0.2, 0.25) is 5.88 Å². The average molecular weight is 552 g/mol. The third-order valence-electron chi connectivity index (χ3n) is 8.03. The van der Waals surface area contributed by atoms with Gasteiger partial charge in [-0.15, -0.1) is 0 Å². The van der Waals surface area contributed by atoms with Gasteiger partial charge in [0.1, 0.15) is 5.69 Å². The standard InChI is InChI=1S/C32H33N5O4/c1-31(2,3)37(30(39)40)32(14-7-15-32)23-12-10-22(11-13-23)28-25(21-8-5-4-6-9-21)16-26-29(35-28)41-19-27(38)36(26)18-24-17-33-20-34-24/h4-6,8-13,16-17,20H,7,14-15,18-19H2,1-3H3,(H,33,34)(H,39,40). The highest BCUT2D eigenvalue weighted by molar-refractivity contribution is 5.99. The van der Waals surface area contributed by atoms with Gasteiger partial charge in [0.25, 0.3) is 5.91 Å². The van der Waals surface area contributed by atoms with E-state index >= 15 is 0 Å². The van der Waals surface area contributed by atoms with Crippen LogP contribution < -0.4 is 9.64 Å². The van der Waals surface area contributed by atoms with Gasteiger partial charge in [0, 0.05) is 22.9 Å². The van der Waals surface area contributed by atoms with Crippen molar-refractivity contribution in [2.45, 2.75) is 57.7 Å². The Morgan fingerprint density at radius 2 is 1.83 bits per heavy atom. The second kappa shape index (κ2) is 10.1. The van der Waals surface area contributed by atoms with Gasteiger partial charge in [-0.1, -0.05) is 54.6 Å². The lowest BCUT2D eigenvalue weighted by molar-refractivity contribution is -0.121. The maximum absolute atomic E-state index is 12.9. The van der Waals surface area contributed by atoms with Crippen molar-refractivity contribution in [2.24, 2.45) is 0 Å². The Labute approximate surface area is 238 Å². The first-order valence-electron chi connectivity index (χ1n) is 13.8. The number of amides is 2. The monoisotopic (exact) mass is 551 g/mol. The van der Waals surface area contributed by atoms with Crippen molar-refractivity contribution in [1.29, 1.82) is 0 Å². The van der Waals surface area contributed by atoms with Crippen molar-refractivity contribution in [3.05, 3.63) is 84.4 Å². The summed E-state index contributed by atoms with van der Waals surface area (Å²) in [5, 5.41) is 10.2. The highest BCUT2D eigenvalue weighted by Crippen LogP contribution is 2.50. The molecule has 9 nitrogen and oxygen atoms in total. The average Bonchev–Trinajstić information content (AvgIpc) is 3.45. The Bertz CT molecular complexity index is 1570. The fraction of sp³-hybridized carbons (Fsp3) is 0.312. The van der Waals surface area contributed by atoms with Crippen LogP contribution in [0.1, 0.15) is 51.3 Å². The molecule has 2 aromatic heterocycles. The minimum atomic E-state index is -0.907. The SMILES string of the molecule is CC(C)(C)N(C(=O)O)C1(c2ccc(-c3nc4c(cc3-c3ccccc3)N(Cc3cnc[nH]3)C(=O)CO4)cc2)CCC1. The molecule has 1 saturated carbocycles. The van der Waals surface area contributed by atoms with Crippen molar-refractivity contribution in [3.8, 4) is 28.3 Å². The molecule has 0 saturated heterocycles. The molecule has 41 heavy (non-hydrogen) atoms. The number of benzene rings is 2. The Kier molecular flexibility index (Phi) is 6.52. The normalized spacial score (nSPS) is 16.0. The van der Waals surface area contributed by atoms with Crippen molar-refractivity contribution in [1.82, 2.24) is 19.9 Å². The lowest BCUT2D eigenvalue weighted by Crippen LogP contribution is -2.60. The number of aromatic amines is 1. The molecular weight excluding hydrogens is 518 g/mol. The van der Waals surface area contributed by atoms with Crippen LogP contribution in [-0.2, 0) is 16.9 Å². The third-order valence-corrected chi connectivity index (χ3v) is 8.03. The number of anilines is 1. The molecule has 3 heterocycles. The molecule has 2 N–H and O–H groups in total. The lowest BCUT2D eigenvalue weighted by atomic mass is 9.69. The predicted molar refractivity (Wildman–Crippen MR) is 156 cm³/mol. The number of imidazole rings is 1. The number of fused-ring (bicyclic) bond motifs is 1. The van der Waals surface area contributed by atoms with Gasteiger partial charge in [-0.25, -0.2) is 14.8 Å². The van der Waals surface area contributed by atoms with Crippen LogP contribution in [0.2, 0.25) is 0 Å². The van der Waals surface area contributed by atoms with Crippen molar-refractivity contribution in [2.75, 3.05) is 11.5 Å². The Hall–Kier alpha value is -4.66.